The number of rotatable bonds is 3. The molecule has 20 nitrogen and oxygen atoms in total. The van der Waals surface area contributed by atoms with Gasteiger partial charge in [-0.15, -0.1) is 46.8 Å². The monoisotopic (exact) mass is 1610 g/mol. The van der Waals surface area contributed by atoms with E-state index in [0.29, 0.717) is 56.3 Å². The van der Waals surface area contributed by atoms with Crippen LogP contribution in [0.15, 0.2) is 243 Å². The Kier molecular flexibility index (Phi) is 18.8. The molecule has 5 aliphatic rings. The van der Waals surface area contributed by atoms with Crippen LogP contribution in [0.4, 0.5) is 28.4 Å². The lowest BCUT2D eigenvalue weighted by atomic mass is 9.92. The van der Waals surface area contributed by atoms with E-state index >= 15 is 0 Å². The highest BCUT2D eigenvalue weighted by molar-refractivity contribution is 5.96. The van der Waals surface area contributed by atoms with E-state index in [2.05, 4.69) is 247 Å². The summed E-state index contributed by atoms with van der Waals surface area (Å²) in [6.45, 7) is 55.4. The quantitative estimate of drug-likeness (QED) is 0.126. The van der Waals surface area contributed by atoms with Crippen LogP contribution in [0.25, 0.3) is 141 Å². The van der Waals surface area contributed by atoms with E-state index in [1.165, 1.54) is 100 Å². The van der Waals surface area contributed by atoms with Crippen LogP contribution >= 0.6 is 0 Å². The second-order valence-corrected chi connectivity index (χ2v) is 31.7. The summed E-state index contributed by atoms with van der Waals surface area (Å²) in [7, 11) is 0. The van der Waals surface area contributed by atoms with Crippen molar-refractivity contribution in [2.45, 2.75) is 81.2 Å². The fourth-order valence-electron chi connectivity index (χ4n) is 18.8. The van der Waals surface area contributed by atoms with E-state index in [-0.39, 0.29) is 0 Å². The van der Waals surface area contributed by atoms with E-state index < -0.39 is 0 Å². The molecular formula is C105H71N20+5. The third-order valence-electron chi connectivity index (χ3n) is 25.2. The Balaban J connectivity index is 0.000000102. The Morgan fingerprint density at radius 2 is 0.632 bits per heavy atom. The summed E-state index contributed by atoms with van der Waals surface area (Å²) in [6.07, 6.45) is 9.94. The molecule has 10 heterocycles. The van der Waals surface area contributed by atoms with E-state index in [4.69, 9.17) is 32.9 Å². The molecule has 0 unspecified atom stereocenters. The largest absolute Gasteiger partial charge is 0.237 e. The minimum Gasteiger partial charge on any atom is -0.237 e. The van der Waals surface area contributed by atoms with Gasteiger partial charge >= 0.3 is 0 Å². The predicted molar refractivity (Wildman–Crippen MR) is 477 cm³/mol. The van der Waals surface area contributed by atoms with Crippen LogP contribution in [-0.4, -0.2) is 23.4 Å². The van der Waals surface area contributed by atoms with Crippen LogP contribution < -0.4 is 23.4 Å². The maximum absolute atomic E-state index is 9.55. The zero-order chi connectivity index (χ0) is 86.5. The molecule has 586 valence electrons. The number of benzene rings is 13. The fourth-order valence-corrected chi connectivity index (χ4v) is 18.8. The molecule has 23 rings (SSSR count). The number of aromatic nitrogens is 10. The van der Waals surface area contributed by atoms with Gasteiger partial charge in [0.05, 0.1) is 129 Å². The first-order valence-electron chi connectivity index (χ1n) is 40.5. The molecule has 0 saturated heterocycles. The predicted octanol–water partition coefficient (Wildman–Crippen LogP) is 20.7. The average molecular weight is 1610 g/mol. The maximum Gasteiger partial charge on any atom is 0.205 e. The van der Waals surface area contributed by atoms with Crippen molar-refractivity contribution in [1.82, 2.24) is 23.4 Å². The topological polar surface area (TPSA) is 185 Å². The Bertz CT molecular complexity index is 8270. The Labute approximate surface area is 720 Å². The van der Waals surface area contributed by atoms with Gasteiger partial charge in [-0.05, 0) is 170 Å². The molecule has 125 heavy (non-hydrogen) atoms. The maximum atomic E-state index is 9.55. The molecule has 5 aromatic heterocycles. The van der Waals surface area contributed by atoms with Crippen LogP contribution in [0.1, 0.15) is 94.6 Å². The molecular weight excluding hydrogens is 1540 g/mol. The van der Waals surface area contributed by atoms with Crippen molar-refractivity contribution < 1.29 is 23.4 Å². The molecule has 20 heteroatoms. The third-order valence-corrected chi connectivity index (χ3v) is 25.2. The summed E-state index contributed by atoms with van der Waals surface area (Å²) >= 11 is 0. The zero-order valence-electron chi connectivity index (χ0n) is 69.1. The van der Waals surface area contributed by atoms with Crippen molar-refractivity contribution >= 4 is 83.0 Å². The number of hydrogen-bond acceptors (Lipinski definition) is 5. The highest BCUT2D eigenvalue weighted by Crippen LogP contribution is 2.43. The fraction of sp³-hybridized carbons (Fsp3) is 0.114. The molecule has 18 aromatic rings. The van der Waals surface area contributed by atoms with Crippen LogP contribution in [0.5, 0.6) is 0 Å². The standard InChI is InChI=1S/3C22H13N4.C20H17N4.C19H15N4/c1-24-20-10-11-21-19(18(20)12-23)14-25-13-16-8-5-9-17(22(16)26(21)25)15-6-3-2-4-7-15;1-24-20-8-10-22-19(18(20)12-23)14-25-13-17-11-16(7-9-21(17)26(22)25)15-5-3-2-4-6-15;1-24-20-9-10-21-19(18(20)12-23)14-25-13-17-8-7-16(11-22(17)26(21)25)15-5-3-2-4-6-15;1-11-12(2)14(4)20-16(13(11)3)9-23-10-17-15(8-21)18(22-5)6-7-19(17)24(20)23;1-11-7-12(2)15-9-22-10-16-14(8-20)17(21-4)5-6-18(16)23(22)19(15)13(11)3/h3*2-11,14H,13H2;6-7,10H,9H2,1-4H3;5-7,10H,9H2,1-3H3/q5*+1. The highest BCUT2D eigenvalue weighted by Gasteiger charge is 2.38. The number of nitrogens with zero attached hydrogens (tertiary/aromatic N) is 20. The van der Waals surface area contributed by atoms with Crippen molar-refractivity contribution in [1.29, 1.82) is 26.3 Å². The Morgan fingerprint density at radius 3 is 1.08 bits per heavy atom. The number of para-hydroxylation sites is 1. The molecule has 5 aliphatic heterocycles. The smallest absolute Gasteiger partial charge is 0.205 e. The normalized spacial score (nSPS) is 11.7. The molecule has 0 aliphatic carbocycles. The minimum atomic E-state index is 0.404. The first kappa shape index (κ1) is 77.0. The number of aryl methyl sites for hydroxylation is 2. The number of hydrogen-bond donors (Lipinski definition) is 0. The van der Waals surface area contributed by atoms with Gasteiger partial charge in [0, 0.05) is 22.3 Å². The summed E-state index contributed by atoms with van der Waals surface area (Å²) in [4.78, 5) is 17.4. The van der Waals surface area contributed by atoms with Crippen molar-refractivity contribution in [2.24, 2.45) is 0 Å². The Morgan fingerprint density at radius 1 is 0.272 bits per heavy atom. The van der Waals surface area contributed by atoms with Gasteiger partial charge in [0.25, 0.3) is 0 Å². The summed E-state index contributed by atoms with van der Waals surface area (Å²) in [5.74, 6) is 0. The number of fused-ring (bicyclic) bond motifs is 25. The second kappa shape index (κ2) is 30.5. The second-order valence-electron chi connectivity index (χ2n) is 31.7. The van der Waals surface area contributed by atoms with E-state index in [1.807, 2.05) is 116 Å². The molecule has 0 N–H and O–H groups in total. The van der Waals surface area contributed by atoms with E-state index in [9.17, 15) is 26.3 Å². The average Bonchev–Trinajstić information content (AvgIpc) is 1.57. The summed E-state index contributed by atoms with van der Waals surface area (Å²) in [6, 6.07) is 82.0. The Hall–Kier alpha value is -17.9. The lowest BCUT2D eigenvalue weighted by Gasteiger charge is -2.13. The SMILES string of the molecule is [C-]#[N+]c1ccc2c(c[n+]3n2-c2c(C)c(C)c(C)c(C)c2C3)c1C#N.[C-]#[N+]c1ccc2c(c[n+]3n2-c2c(C)c(C)cc(C)c2C3)c1C#N.[C-]#[N+]c1ccc2c(c[n+]3n2-c2c(cccc2-c2ccccc2)C3)c1C#N.[C-]#[N+]c1ccc2c(c[n+]3n2-c2cc(-c4ccccc4)ccc2C3)c1C#N.[C-]#[N+]c1ccc2c(c[n+]3n2-c2ccc(-c4ccccc4)cc2C3)c1C#N. The highest BCUT2D eigenvalue weighted by atomic mass is 15.4. The summed E-state index contributed by atoms with van der Waals surface area (Å²) < 4.78 is 21.5. The first-order valence-corrected chi connectivity index (χ1v) is 40.5. The van der Waals surface area contributed by atoms with Gasteiger partial charge in [-0.3, -0.25) is 0 Å². The van der Waals surface area contributed by atoms with Crippen LogP contribution in [-0.2, 0) is 32.7 Å². The molecule has 0 amide bonds. The molecule has 0 radical (unpaired) electrons. The third kappa shape index (κ3) is 12.2. The number of nitriles is 5. The van der Waals surface area contributed by atoms with Gasteiger partial charge in [0.15, 0.2) is 32.7 Å². The van der Waals surface area contributed by atoms with Gasteiger partial charge in [-0.2, -0.15) is 26.3 Å². The van der Waals surface area contributed by atoms with Crippen molar-refractivity contribution in [3.05, 3.63) is 395 Å². The van der Waals surface area contributed by atoms with Crippen molar-refractivity contribution in [3.63, 3.8) is 0 Å². The van der Waals surface area contributed by atoms with Crippen LogP contribution in [0.3, 0.4) is 0 Å². The molecule has 0 spiro atoms. The first-order chi connectivity index (χ1) is 61.0. The zero-order valence-corrected chi connectivity index (χ0v) is 69.1. The van der Waals surface area contributed by atoms with Crippen molar-refractivity contribution in [3.8, 4) is 92.2 Å². The molecule has 0 atom stereocenters. The van der Waals surface area contributed by atoms with Gasteiger partial charge < -0.3 is 0 Å². The lowest BCUT2D eigenvalue weighted by molar-refractivity contribution is -0.749. The molecule has 13 aromatic carbocycles. The van der Waals surface area contributed by atoms with Crippen LogP contribution in [0, 0.1) is 138 Å². The van der Waals surface area contributed by atoms with E-state index in [0.717, 1.165) is 115 Å². The van der Waals surface area contributed by atoms with Crippen molar-refractivity contribution in [2.75, 3.05) is 0 Å². The van der Waals surface area contributed by atoms with E-state index in [1.54, 1.807) is 30.3 Å². The lowest BCUT2D eigenvalue weighted by Crippen LogP contribution is -2.36. The summed E-state index contributed by atoms with van der Waals surface area (Å²) in [5, 5.41) is 51.7. The molecule has 0 saturated carbocycles. The molecule has 0 bridgehead atoms. The minimum absolute atomic E-state index is 0.404. The molecule has 0 fully saturated rings. The van der Waals surface area contributed by atoms with Gasteiger partial charge in [0.1, 0.15) is 56.0 Å². The van der Waals surface area contributed by atoms with Gasteiger partial charge in [-0.25, -0.2) is 24.2 Å². The van der Waals surface area contributed by atoms with Gasteiger partial charge in [-0.1, -0.05) is 158 Å². The van der Waals surface area contributed by atoms with Crippen LogP contribution in [0.2, 0.25) is 0 Å². The van der Waals surface area contributed by atoms with Gasteiger partial charge in [0.2, 0.25) is 59.4 Å². The summed E-state index contributed by atoms with van der Waals surface area (Å²) in [5.41, 5.74) is 37.7.